The molecule has 40 heavy (non-hydrogen) atoms. The molecule has 0 aromatic heterocycles. The van der Waals surface area contributed by atoms with Crippen molar-refractivity contribution in [2.24, 2.45) is 0 Å². The summed E-state index contributed by atoms with van der Waals surface area (Å²) in [7, 11) is 0. The van der Waals surface area contributed by atoms with E-state index in [1.165, 1.54) is 24.3 Å². The second kappa shape index (κ2) is 15.1. The molecule has 0 bridgehead atoms. The third-order valence-electron chi connectivity index (χ3n) is 6.97. The quantitative estimate of drug-likeness (QED) is 0.301. The molecule has 0 unspecified atom stereocenters. The predicted octanol–water partition coefficient (Wildman–Crippen LogP) is 5.01. The maximum Gasteiger partial charge on any atom is 0.258 e. The summed E-state index contributed by atoms with van der Waals surface area (Å²) in [4.78, 5) is 32.3. The van der Waals surface area contributed by atoms with Gasteiger partial charge in [0.05, 0.1) is 13.2 Å². The van der Waals surface area contributed by atoms with E-state index in [-0.39, 0.29) is 11.8 Å². The molecule has 2 amide bonds. The van der Waals surface area contributed by atoms with Crippen molar-refractivity contribution in [1.29, 1.82) is 0 Å². The first-order chi connectivity index (χ1) is 19.5. The molecule has 1 aliphatic rings. The van der Waals surface area contributed by atoms with Gasteiger partial charge in [0.2, 0.25) is 5.91 Å². The monoisotopic (exact) mass is 547 g/mol. The fourth-order valence-electron chi connectivity index (χ4n) is 4.68. The summed E-state index contributed by atoms with van der Waals surface area (Å²) in [5.74, 6) is 0.0523. The number of amides is 2. The number of halogens is 1. The maximum atomic E-state index is 13.5. The van der Waals surface area contributed by atoms with Gasteiger partial charge in [0.15, 0.2) is 0 Å². The first kappa shape index (κ1) is 29.2. The van der Waals surface area contributed by atoms with Crippen LogP contribution in [0.15, 0.2) is 78.9 Å². The molecular formula is C32H38FN3O4. The molecule has 7 nitrogen and oxygen atoms in total. The Labute approximate surface area is 236 Å². The number of ether oxygens (including phenoxy) is 2. The summed E-state index contributed by atoms with van der Waals surface area (Å²) in [6.45, 7) is 8.04. The number of nitrogens with zero attached hydrogens (tertiary/aromatic N) is 3. The SMILES string of the molecule is CCN(Cc1ccccc1)C(=O)CCCN(C(=O)c1ccc(F)cc1)c1cccc(OCCN2CCOCC2)c1. The van der Waals surface area contributed by atoms with Crippen LogP contribution in [0.5, 0.6) is 5.75 Å². The van der Waals surface area contributed by atoms with Gasteiger partial charge in [-0.15, -0.1) is 0 Å². The molecule has 1 heterocycles. The molecule has 3 aromatic carbocycles. The lowest BCUT2D eigenvalue weighted by Gasteiger charge is -2.27. The largest absolute Gasteiger partial charge is 0.492 e. The molecule has 1 aliphatic heterocycles. The van der Waals surface area contributed by atoms with Crippen molar-refractivity contribution in [3.63, 3.8) is 0 Å². The van der Waals surface area contributed by atoms with Gasteiger partial charge in [-0.05, 0) is 55.3 Å². The Bertz CT molecular complexity index is 1220. The topological polar surface area (TPSA) is 62.3 Å². The van der Waals surface area contributed by atoms with Gasteiger partial charge >= 0.3 is 0 Å². The van der Waals surface area contributed by atoms with E-state index in [4.69, 9.17) is 9.47 Å². The number of hydrogen-bond donors (Lipinski definition) is 0. The molecule has 3 aromatic rings. The molecule has 4 rings (SSSR count). The van der Waals surface area contributed by atoms with Crippen LogP contribution in [0, 0.1) is 5.82 Å². The van der Waals surface area contributed by atoms with Crippen LogP contribution in [0.25, 0.3) is 0 Å². The van der Waals surface area contributed by atoms with Gasteiger partial charge in [-0.3, -0.25) is 14.5 Å². The summed E-state index contributed by atoms with van der Waals surface area (Å²) in [6, 6.07) is 22.9. The Kier molecular flexibility index (Phi) is 11.1. The van der Waals surface area contributed by atoms with Gasteiger partial charge in [0.25, 0.3) is 5.91 Å². The molecular weight excluding hydrogens is 509 g/mol. The van der Waals surface area contributed by atoms with Crippen LogP contribution in [-0.4, -0.2) is 74.2 Å². The molecule has 1 saturated heterocycles. The van der Waals surface area contributed by atoms with E-state index in [9.17, 15) is 14.0 Å². The van der Waals surface area contributed by atoms with Crippen LogP contribution >= 0.6 is 0 Å². The highest BCUT2D eigenvalue weighted by Crippen LogP contribution is 2.24. The zero-order chi connectivity index (χ0) is 28.2. The molecule has 212 valence electrons. The average Bonchev–Trinajstić information content (AvgIpc) is 2.99. The van der Waals surface area contributed by atoms with Crippen molar-refractivity contribution >= 4 is 17.5 Å². The first-order valence-electron chi connectivity index (χ1n) is 14.0. The fourth-order valence-corrected chi connectivity index (χ4v) is 4.68. The van der Waals surface area contributed by atoms with Crippen LogP contribution < -0.4 is 9.64 Å². The second-order valence-electron chi connectivity index (χ2n) is 9.76. The molecule has 0 aliphatic carbocycles. The zero-order valence-corrected chi connectivity index (χ0v) is 23.1. The van der Waals surface area contributed by atoms with E-state index in [1.54, 1.807) is 4.90 Å². The van der Waals surface area contributed by atoms with Crippen LogP contribution in [0.1, 0.15) is 35.7 Å². The summed E-state index contributed by atoms with van der Waals surface area (Å²) in [6.07, 6.45) is 0.794. The van der Waals surface area contributed by atoms with E-state index in [0.29, 0.717) is 56.1 Å². The molecule has 1 fully saturated rings. The van der Waals surface area contributed by atoms with Crippen molar-refractivity contribution < 1.29 is 23.5 Å². The Balaban J connectivity index is 1.41. The average molecular weight is 548 g/mol. The number of carbonyl (C=O) groups excluding carboxylic acids is 2. The van der Waals surface area contributed by atoms with Crippen molar-refractivity contribution in [3.8, 4) is 5.75 Å². The summed E-state index contributed by atoms with van der Waals surface area (Å²) in [5.41, 5.74) is 2.13. The Hall–Kier alpha value is -3.75. The Morgan fingerprint density at radius 2 is 1.73 bits per heavy atom. The number of morpholine rings is 1. The molecule has 0 N–H and O–H groups in total. The fraction of sp³-hybridized carbons (Fsp3) is 0.375. The summed E-state index contributed by atoms with van der Waals surface area (Å²) >= 11 is 0. The third-order valence-corrected chi connectivity index (χ3v) is 6.97. The number of anilines is 1. The number of rotatable bonds is 13. The van der Waals surface area contributed by atoms with Crippen LogP contribution in [0.3, 0.4) is 0 Å². The lowest BCUT2D eigenvalue weighted by Crippen LogP contribution is -2.38. The number of benzene rings is 3. The summed E-state index contributed by atoms with van der Waals surface area (Å²) < 4.78 is 25.0. The molecule has 0 spiro atoms. The van der Waals surface area contributed by atoms with Crippen molar-refractivity contribution in [3.05, 3.63) is 95.8 Å². The minimum Gasteiger partial charge on any atom is -0.492 e. The van der Waals surface area contributed by atoms with Gasteiger partial charge < -0.3 is 19.3 Å². The van der Waals surface area contributed by atoms with Crippen molar-refractivity contribution in [2.45, 2.75) is 26.3 Å². The highest BCUT2D eigenvalue weighted by molar-refractivity contribution is 6.06. The standard InChI is InChI=1S/C32H38FN3O4/c1-2-35(25-26-8-4-3-5-9-26)31(37)12-7-17-36(32(38)27-13-15-28(33)16-14-27)29-10-6-11-30(24-29)40-23-20-34-18-21-39-22-19-34/h3-6,8-11,13-16,24H,2,7,12,17-23,25H2,1H3. The third kappa shape index (κ3) is 8.63. The van der Waals surface area contributed by atoms with E-state index in [0.717, 1.165) is 38.4 Å². The van der Waals surface area contributed by atoms with Gasteiger partial charge in [0.1, 0.15) is 18.2 Å². The van der Waals surface area contributed by atoms with Gasteiger partial charge in [-0.1, -0.05) is 36.4 Å². The highest BCUT2D eigenvalue weighted by atomic mass is 19.1. The number of hydrogen-bond acceptors (Lipinski definition) is 5. The van der Waals surface area contributed by atoms with Crippen molar-refractivity contribution in [2.75, 3.05) is 57.4 Å². The number of carbonyl (C=O) groups is 2. The lowest BCUT2D eigenvalue weighted by molar-refractivity contribution is -0.131. The van der Waals surface area contributed by atoms with Crippen LogP contribution in [0.4, 0.5) is 10.1 Å². The van der Waals surface area contributed by atoms with Gasteiger partial charge in [0, 0.05) is 63.0 Å². The smallest absolute Gasteiger partial charge is 0.258 e. The first-order valence-corrected chi connectivity index (χ1v) is 14.0. The lowest BCUT2D eigenvalue weighted by atomic mass is 10.1. The molecule has 0 atom stereocenters. The minimum atomic E-state index is -0.401. The van der Waals surface area contributed by atoms with Crippen LogP contribution in [-0.2, 0) is 16.1 Å². The maximum absolute atomic E-state index is 13.5. The zero-order valence-electron chi connectivity index (χ0n) is 23.1. The molecule has 8 heteroatoms. The van der Waals surface area contributed by atoms with Gasteiger partial charge in [-0.2, -0.15) is 0 Å². The van der Waals surface area contributed by atoms with Crippen LogP contribution in [0.2, 0.25) is 0 Å². The van der Waals surface area contributed by atoms with Gasteiger partial charge in [-0.25, -0.2) is 4.39 Å². The van der Waals surface area contributed by atoms with E-state index in [1.807, 2.05) is 66.4 Å². The Morgan fingerprint density at radius 1 is 0.975 bits per heavy atom. The normalized spacial score (nSPS) is 13.6. The second-order valence-corrected chi connectivity index (χ2v) is 9.76. The minimum absolute atomic E-state index is 0.0423. The van der Waals surface area contributed by atoms with Crippen molar-refractivity contribution in [1.82, 2.24) is 9.80 Å². The van der Waals surface area contributed by atoms with E-state index >= 15 is 0 Å². The van der Waals surface area contributed by atoms with E-state index < -0.39 is 5.82 Å². The predicted molar refractivity (Wildman–Crippen MR) is 154 cm³/mol. The molecule has 0 saturated carbocycles. The highest BCUT2D eigenvalue weighted by Gasteiger charge is 2.20. The Morgan fingerprint density at radius 3 is 2.45 bits per heavy atom. The molecule has 0 radical (unpaired) electrons. The summed E-state index contributed by atoms with van der Waals surface area (Å²) in [5, 5.41) is 0. The van der Waals surface area contributed by atoms with E-state index in [2.05, 4.69) is 4.90 Å².